The fourth-order valence-electron chi connectivity index (χ4n) is 3.38. The summed E-state index contributed by atoms with van der Waals surface area (Å²) in [6, 6.07) is 19.2. The van der Waals surface area contributed by atoms with Crippen LogP contribution in [-0.4, -0.2) is 27.0 Å². The number of hydrogen-bond acceptors (Lipinski definition) is 4. The normalized spacial score (nSPS) is 11.3. The van der Waals surface area contributed by atoms with E-state index in [0.29, 0.717) is 17.1 Å². The van der Waals surface area contributed by atoms with Gasteiger partial charge in [0, 0.05) is 11.8 Å². The first kappa shape index (κ1) is 24.3. The van der Waals surface area contributed by atoms with Gasteiger partial charge in [0.1, 0.15) is 12.3 Å². The molecule has 1 amide bonds. The zero-order chi connectivity index (χ0) is 24.2. The molecule has 1 N–H and O–H groups in total. The number of anilines is 2. The Morgan fingerprint density at radius 2 is 1.61 bits per heavy atom. The van der Waals surface area contributed by atoms with Gasteiger partial charge in [-0.2, -0.15) is 0 Å². The zero-order valence-corrected chi connectivity index (χ0v) is 20.4. The average molecular weight is 467 g/mol. The summed E-state index contributed by atoms with van der Waals surface area (Å²) in [5.74, 6) is 0.176. The monoisotopic (exact) mass is 466 g/mol. The van der Waals surface area contributed by atoms with Gasteiger partial charge in [0.15, 0.2) is 0 Å². The van der Waals surface area contributed by atoms with E-state index in [4.69, 9.17) is 4.74 Å². The molecule has 33 heavy (non-hydrogen) atoms. The summed E-state index contributed by atoms with van der Waals surface area (Å²) < 4.78 is 34.0. The van der Waals surface area contributed by atoms with Gasteiger partial charge in [-0.15, -0.1) is 0 Å². The quantitative estimate of drug-likeness (QED) is 0.493. The van der Waals surface area contributed by atoms with Crippen molar-refractivity contribution in [1.82, 2.24) is 0 Å². The molecule has 3 aromatic rings. The Kier molecular flexibility index (Phi) is 7.43. The molecule has 0 spiro atoms. The van der Waals surface area contributed by atoms with E-state index in [1.54, 1.807) is 54.6 Å². The van der Waals surface area contributed by atoms with Crippen LogP contribution in [0, 0.1) is 20.8 Å². The van der Waals surface area contributed by atoms with Gasteiger partial charge in [0.05, 0.1) is 16.7 Å². The number of sulfonamides is 1. The van der Waals surface area contributed by atoms with Crippen LogP contribution in [0.25, 0.3) is 0 Å². The summed E-state index contributed by atoms with van der Waals surface area (Å²) in [6.45, 7) is 9.09. The van der Waals surface area contributed by atoms with Gasteiger partial charge in [-0.25, -0.2) is 8.42 Å². The summed E-state index contributed by atoms with van der Waals surface area (Å²) in [6.07, 6.45) is -0.00427. The maximum Gasteiger partial charge on any atom is 0.264 e. The van der Waals surface area contributed by atoms with E-state index in [-0.39, 0.29) is 17.5 Å². The van der Waals surface area contributed by atoms with Crippen LogP contribution >= 0.6 is 0 Å². The highest BCUT2D eigenvalue weighted by Gasteiger charge is 2.28. The Morgan fingerprint density at radius 3 is 2.27 bits per heavy atom. The van der Waals surface area contributed by atoms with Gasteiger partial charge in [-0.3, -0.25) is 9.10 Å². The Hall–Kier alpha value is -3.32. The fraction of sp³-hybridized carbons (Fsp3) is 0.269. The Balaban J connectivity index is 1.94. The molecule has 0 saturated carbocycles. The summed E-state index contributed by atoms with van der Waals surface area (Å²) in [5.41, 5.74) is 3.62. The number of ether oxygens (including phenoxy) is 1. The number of rotatable bonds is 8. The molecule has 0 aliphatic rings. The lowest BCUT2D eigenvalue weighted by Gasteiger charge is -2.26. The Morgan fingerprint density at radius 1 is 0.939 bits per heavy atom. The standard InChI is InChI=1S/C26H30N2O4S/c1-18(2)32-23-8-6-7-22(16-23)27-26(29)17-28(25-15-20(4)9-12-21(25)5)33(30,31)24-13-10-19(3)11-14-24/h6-16,18H,17H2,1-5H3,(H,27,29). The molecule has 3 rings (SSSR count). The van der Waals surface area contributed by atoms with E-state index in [9.17, 15) is 13.2 Å². The number of hydrogen-bond donors (Lipinski definition) is 1. The molecule has 0 unspecified atom stereocenters. The SMILES string of the molecule is Cc1ccc(S(=O)(=O)N(CC(=O)Nc2cccc(OC(C)C)c2)c2cc(C)ccc2C)cc1. The average Bonchev–Trinajstić information content (AvgIpc) is 2.74. The third-order valence-corrected chi connectivity index (χ3v) is 6.79. The maximum atomic E-state index is 13.6. The van der Waals surface area contributed by atoms with Gasteiger partial charge >= 0.3 is 0 Å². The molecule has 3 aromatic carbocycles. The van der Waals surface area contributed by atoms with Gasteiger partial charge < -0.3 is 10.1 Å². The van der Waals surface area contributed by atoms with Gasteiger partial charge in [-0.1, -0.05) is 35.9 Å². The lowest BCUT2D eigenvalue weighted by atomic mass is 10.1. The Labute approximate surface area is 196 Å². The van der Waals surface area contributed by atoms with Gasteiger partial charge in [0.25, 0.3) is 10.0 Å². The maximum absolute atomic E-state index is 13.6. The third kappa shape index (κ3) is 6.14. The van der Waals surface area contributed by atoms with E-state index in [1.807, 2.05) is 46.8 Å². The predicted octanol–water partition coefficient (Wildman–Crippen LogP) is 5.23. The van der Waals surface area contributed by atoms with Crippen molar-refractivity contribution in [3.05, 3.63) is 83.4 Å². The number of aryl methyl sites for hydroxylation is 3. The molecule has 0 atom stereocenters. The smallest absolute Gasteiger partial charge is 0.264 e. The molecule has 0 fully saturated rings. The minimum absolute atomic E-state index is 0.00427. The molecule has 6 nitrogen and oxygen atoms in total. The van der Waals surface area contributed by atoms with Gasteiger partial charge in [0.2, 0.25) is 5.91 Å². The molecule has 0 aliphatic heterocycles. The molecule has 0 heterocycles. The highest BCUT2D eigenvalue weighted by atomic mass is 32.2. The largest absolute Gasteiger partial charge is 0.491 e. The lowest BCUT2D eigenvalue weighted by Crippen LogP contribution is -2.38. The van der Waals surface area contributed by atoms with Gasteiger partial charge in [-0.05, 0) is 76.1 Å². The van der Waals surface area contributed by atoms with Crippen LogP contribution in [-0.2, 0) is 14.8 Å². The van der Waals surface area contributed by atoms with Crippen molar-refractivity contribution in [2.75, 3.05) is 16.2 Å². The van der Waals surface area contributed by atoms with Crippen molar-refractivity contribution in [2.24, 2.45) is 0 Å². The molecule has 0 bridgehead atoms. The van der Waals surface area contributed by atoms with E-state index < -0.39 is 15.9 Å². The second-order valence-electron chi connectivity index (χ2n) is 8.36. The highest BCUT2D eigenvalue weighted by Crippen LogP contribution is 2.28. The number of carbonyl (C=O) groups is 1. The first-order valence-corrected chi connectivity index (χ1v) is 12.2. The molecular formula is C26H30N2O4S. The van der Waals surface area contributed by atoms with Crippen LogP contribution in [0.15, 0.2) is 71.6 Å². The molecule has 0 radical (unpaired) electrons. The van der Waals surface area contributed by atoms with Crippen LogP contribution in [0.4, 0.5) is 11.4 Å². The van der Waals surface area contributed by atoms with E-state index >= 15 is 0 Å². The number of benzene rings is 3. The summed E-state index contributed by atoms with van der Waals surface area (Å²) in [5, 5.41) is 2.80. The van der Waals surface area contributed by atoms with E-state index in [2.05, 4.69) is 5.32 Å². The fourth-order valence-corrected chi connectivity index (χ4v) is 4.85. The summed E-state index contributed by atoms with van der Waals surface area (Å²) in [4.78, 5) is 13.1. The van der Waals surface area contributed by atoms with Crippen molar-refractivity contribution in [3.8, 4) is 5.75 Å². The third-order valence-electron chi connectivity index (χ3n) is 5.02. The summed E-state index contributed by atoms with van der Waals surface area (Å²) in [7, 11) is -3.97. The number of nitrogens with one attached hydrogen (secondary N) is 1. The van der Waals surface area contributed by atoms with Crippen molar-refractivity contribution in [2.45, 2.75) is 45.6 Å². The van der Waals surface area contributed by atoms with Crippen LogP contribution in [0.5, 0.6) is 5.75 Å². The predicted molar refractivity (Wildman–Crippen MR) is 132 cm³/mol. The van der Waals surface area contributed by atoms with Crippen molar-refractivity contribution in [1.29, 1.82) is 0 Å². The minimum Gasteiger partial charge on any atom is -0.491 e. The van der Waals surface area contributed by atoms with Crippen molar-refractivity contribution in [3.63, 3.8) is 0 Å². The zero-order valence-electron chi connectivity index (χ0n) is 19.6. The van der Waals surface area contributed by atoms with Crippen LogP contribution in [0.2, 0.25) is 0 Å². The van der Waals surface area contributed by atoms with Crippen molar-refractivity contribution >= 4 is 27.3 Å². The van der Waals surface area contributed by atoms with Crippen LogP contribution in [0.1, 0.15) is 30.5 Å². The molecular weight excluding hydrogens is 436 g/mol. The second kappa shape index (κ2) is 10.1. The first-order chi connectivity index (χ1) is 15.6. The molecule has 0 saturated heterocycles. The number of amides is 1. The molecule has 7 heteroatoms. The van der Waals surface area contributed by atoms with Crippen molar-refractivity contribution < 1.29 is 17.9 Å². The topological polar surface area (TPSA) is 75.7 Å². The Bertz CT molecular complexity index is 1240. The molecule has 0 aromatic heterocycles. The lowest BCUT2D eigenvalue weighted by molar-refractivity contribution is -0.114. The van der Waals surface area contributed by atoms with E-state index in [0.717, 1.165) is 16.7 Å². The van der Waals surface area contributed by atoms with E-state index in [1.165, 1.54) is 4.31 Å². The number of nitrogens with zero attached hydrogens (tertiary/aromatic N) is 1. The first-order valence-electron chi connectivity index (χ1n) is 10.8. The van der Waals surface area contributed by atoms with Crippen LogP contribution in [0.3, 0.4) is 0 Å². The second-order valence-corrected chi connectivity index (χ2v) is 10.2. The number of carbonyl (C=O) groups excluding carboxylic acids is 1. The molecule has 0 aliphatic carbocycles. The molecule has 174 valence electrons. The minimum atomic E-state index is -3.97. The summed E-state index contributed by atoms with van der Waals surface area (Å²) >= 11 is 0. The van der Waals surface area contributed by atoms with Crippen LogP contribution < -0.4 is 14.4 Å². The highest BCUT2D eigenvalue weighted by molar-refractivity contribution is 7.92.